The largest absolute Gasteiger partial charge is 0.445 e. The topological polar surface area (TPSA) is 79.0 Å². The Bertz CT molecular complexity index is 612. The minimum Gasteiger partial charge on any atom is -0.445 e. The molecule has 0 bridgehead atoms. The maximum atomic E-state index is 12.1. The smallest absolute Gasteiger partial charge is 0.410 e. The van der Waals surface area contributed by atoms with E-state index in [1.807, 2.05) is 30.3 Å². The van der Waals surface area contributed by atoms with Gasteiger partial charge in [0.1, 0.15) is 6.61 Å². The molecule has 0 aromatic heterocycles. The minimum absolute atomic E-state index is 0.0660. The highest BCUT2D eigenvalue weighted by Gasteiger charge is 2.33. The summed E-state index contributed by atoms with van der Waals surface area (Å²) in [5, 5.41) is 2.34. The fraction of sp³-hybridized carbons (Fsp3) is 0.471. The molecular weight excluding hydrogens is 310 g/mol. The van der Waals surface area contributed by atoms with Gasteiger partial charge in [0.05, 0.1) is 0 Å². The average molecular weight is 331 g/mol. The molecule has 1 aromatic carbocycles. The van der Waals surface area contributed by atoms with Crippen LogP contribution >= 0.6 is 0 Å². The highest BCUT2D eigenvalue weighted by molar-refractivity contribution is 5.96. The van der Waals surface area contributed by atoms with Gasteiger partial charge in [0.2, 0.25) is 5.91 Å². The lowest BCUT2D eigenvalue weighted by atomic mass is 10.0. The van der Waals surface area contributed by atoms with E-state index in [0.717, 1.165) is 5.56 Å². The van der Waals surface area contributed by atoms with Crippen molar-refractivity contribution in [3.8, 4) is 0 Å². The molecule has 4 amide bonds. The summed E-state index contributed by atoms with van der Waals surface area (Å²) >= 11 is 0. The number of imide groups is 1. The number of carbonyl (C=O) groups excluding carboxylic acids is 3. The van der Waals surface area contributed by atoms with Crippen LogP contribution in [0, 0.1) is 0 Å². The Kier molecular flexibility index (Phi) is 4.98. The second-order valence-electron chi connectivity index (χ2n) is 6.06. The number of ether oxygens (including phenoxy) is 1. The van der Waals surface area contributed by atoms with Gasteiger partial charge in [-0.2, -0.15) is 0 Å². The zero-order chi connectivity index (χ0) is 16.9. The van der Waals surface area contributed by atoms with Gasteiger partial charge in [-0.15, -0.1) is 0 Å². The molecule has 2 aliphatic rings. The number of nitrogens with one attached hydrogen (secondary N) is 1. The predicted octanol–water partition coefficient (Wildman–Crippen LogP) is 1.73. The molecule has 0 atom stereocenters. The van der Waals surface area contributed by atoms with Crippen molar-refractivity contribution in [1.82, 2.24) is 15.1 Å². The van der Waals surface area contributed by atoms with Crippen LogP contribution in [0.1, 0.15) is 24.8 Å². The monoisotopic (exact) mass is 331 g/mol. The number of benzene rings is 1. The lowest BCUT2D eigenvalue weighted by Crippen LogP contribution is -2.56. The first-order valence-corrected chi connectivity index (χ1v) is 8.19. The van der Waals surface area contributed by atoms with Crippen molar-refractivity contribution in [2.75, 3.05) is 19.6 Å². The highest BCUT2D eigenvalue weighted by Crippen LogP contribution is 2.19. The van der Waals surface area contributed by atoms with E-state index in [4.69, 9.17) is 4.74 Å². The van der Waals surface area contributed by atoms with Crippen LogP contribution < -0.4 is 5.32 Å². The summed E-state index contributed by atoms with van der Waals surface area (Å²) in [4.78, 5) is 38.6. The van der Waals surface area contributed by atoms with Gasteiger partial charge in [-0.1, -0.05) is 30.3 Å². The minimum atomic E-state index is -0.324. The Morgan fingerprint density at radius 3 is 2.50 bits per heavy atom. The van der Waals surface area contributed by atoms with Crippen LogP contribution in [0.2, 0.25) is 0 Å². The van der Waals surface area contributed by atoms with Crippen molar-refractivity contribution < 1.29 is 19.1 Å². The van der Waals surface area contributed by atoms with E-state index in [-0.39, 0.29) is 30.7 Å². The lowest BCUT2D eigenvalue weighted by Gasteiger charge is -2.39. The van der Waals surface area contributed by atoms with Crippen LogP contribution in [0.25, 0.3) is 0 Å². The first-order valence-electron chi connectivity index (χ1n) is 8.19. The number of piperidine rings is 1. The third-order valence-corrected chi connectivity index (χ3v) is 4.46. The molecule has 1 aromatic rings. The highest BCUT2D eigenvalue weighted by atomic mass is 16.6. The first kappa shape index (κ1) is 16.3. The van der Waals surface area contributed by atoms with Crippen LogP contribution in [0.4, 0.5) is 9.59 Å². The van der Waals surface area contributed by atoms with Gasteiger partial charge in [0.15, 0.2) is 0 Å². The van der Waals surface area contributed by atoms with Gasteiger partial charge in [0.25, 0.3) is 0 Å². The van der Waals surface area contributed by atoms with Gasteiger partial charge in [-0.25, -0.2) is 9.59 Å². The molecular formula is C17H21N3O4. The number of carbonyl (C=O) groups is 3. The summed E-state index contributed by atoms with van der Waals surface area (Å²) in [6, 6.07) is 9.30. The molecule has 3 rings (SSSR count). The molecule has 0 radical (unpaired) electrons. The van der Waals surface area contributed by atoms with E-state index in [1.54, 1.807) is 9.80 Å². The number of hydrogen-bond donors (Lipinski definition) is 1. The van der Waals surface area contributed by atoms with E-state index in [9.17, 15) is 14.4 Å². The maximum Gasteiger partial charge on any atom is 0.410 e. The van der Waals surface area contributed by atoms with E-state index in [2.05, 4.69) is 5.32 Å². The second kappa shape index (κ2) is 7.33. The SMILES string of the molecule is O=C1CCN(C2CCN(C(=O)OCc3ccccc3)CC2)C(=O)N1. The molecule has 128 valence electrons. The molecule has 2 aliphatic heterocycles. The fourth-order valence-corrected chi connectivity index (χ4v) is 3.10. The standard InChI is InChI=1S/C17H21N3O4/c21-15-8-11-20(16(22)18-15)14-6-9-19(10-7-14)17(23)24-12-13-4-2-1-3-5-13/h1-5,14H,6-12H2,(H,18,21,22). The van der Waals surface area contributed by atoms with Crippen LogP contribution in [-0.2, 0) is 16.1 Å². The van der Waals surface area contributed by atoms with Crippen molar-refractivity contribution in [2.45, 2.75) is 31.9 Å². The zero-order valence-electron chi connectivity index (χ0n) is 13.4. The van der Waals surface area contributed by atoms with Crippen molar-refractivity contribution in [3.05, 3.63) is 35.9 Å². The third kappa shape index (κ3) is 3.84. The number of hydrogen-bond acceptors (Lipinski definition) is 4. The molecule has 0 spiro atoms. The van der Waals surface area contributed by atoms with Gasteiger partial charge in [0, 0.05) is 32.1 Å². The van der Waals surface area contributed by atoms with E-state index >= 15 is 0 Å². The van der Waals surface area contributed by atoms with Crippen molar-refractivity contribution in [1.29, 1.82) is 0 Å². The summed E-state index contributed by atoms with van der Waals surface area (Å²) in [5.41, 5.74) is 0.954. The molecule has 1 N–H and O–H groups in total. The Labute approximate surface area is 140 Å². The molecule has 2 saturated heterocycles. The summed E-state index contributed by atoms with van der Waals surface area (Å²) in [7, 11) is 0. The Hall–Kier alpha value is -2.57. The van der Waals surface area contributed by atoms with Crippen molar-refractivity contribution in [3.63, 3.8) is 0 Å². The Balaban J connectivity index is 1.45. The van der Waals surface area contributed by atoms with E-state index < -0.39 is 0 Å². The van der Waals surface area contributed by atoms with E-state index in [1.165, 1.54) is 0 Å². The molecule has 0 saturated carbocycles. The van der Waals surface area contributed by atoms with Crippen LogP contribution in [-0.4, -0.2) is 53.5 Å². The lowest BCUT2D eigenvalue weighted by molar-refractivity contribution is -0.121. The third-order valence-electron chi connectivity index (χ3n) is 4.46. The van der Waals surface area contributed by atoms with Gasteiger partial charge >= 0.3 is 12.1 Å². The van der Waals surface area contributed by atoms with Crippen molar-refractivity contribution >= 4 is 18.0 Å². The number of urea groups is 1. The molecule has 2 heterocycles. The zero-order valence-corrected chi connectivity index (χ0v) is 13.4. The summed E-state index contributed by atoms with van der Waals surface area (Å²) in [6.45, 7) is 1.82. The Morgan fingerprint density at radius 2 is 1.83 bits per heavy atom. The number of rotatable bonds is 3. The van der Waals surface area contributed by atoms with Gasteiger partial charge in [-0.05, 0) is 18.4 Å². The first-order chi connectivity index (χ1) is 11.6. The average Bonchev–Trinajstić information content (AvgIpc) is 2.61. The normalized spacial score (nSPS) is 19.2. The fourth-order valence-electron chi connectivity index (χ4n) is 3.10. The molecule has 2 fully saturated rings. The van der Waals surface area contributed by atoms with E-state index in [0.29, 0.717) is 38.9 Å². The number of nitrogens with zero attached hydrogens (tertiary/aromatic N) is 2. The van der Waals surface area contributed by atoms with Gasteiger partial charge < -0.3 is 14.5 Å². The second-order valence-corrected chi connectivity index (χ2v) is 6.06. The molecule has 0 aliphatic carbocycles. The van der Waals surface area contributed by atoms with Crippen LogP contribution in [0.15, 0.2) is 30.3 Å². The summed E-state index contributed by atoms with van der Waals surface area (Å²) in [5.74, 6) is -0.224. The molecule has 7 nitrogen and oxygen atoms in total. The number of amides is 4. The van der Waals surface area contributed by atoms with Crippen molar-refractivity contribution in [2.24, 2.45) is 0 Å². The predicted molar refractivity (Wildman–Crippen MR) is 86.1 cm³/mol. The number of likely N-dealkylation sites (tertiary alicyclic amines) is 1. The van der Waals surface area contributed by atoms with Crippen LogP contribution in [0.3, 0.4) is 0 Å². The van der Waals surface area contributed by atoms with Gasteiger partial charge in [-0.3, -0.25) is 10.1 Å². The maximum absolute atomic E-state index is 12.1. The van der Waals surface area contributed by atoms with Crippen LogP contribution in [0.5, 0.6) is 0 Å². The summed E-state index contributed by atoms with van der Waals surface area (Å²) in [6.07, 6.45) is 1.41. The summed E-state index contributed by atoms with van der Waals surface area (Å²) < 4.78 is 5.33. The molecule has 0 unspecified atom stereocenters. The molecule has 7 heteroatoms. The quantitative estimate of drug-likeness (QED) is 0.915. The Morgan fingerprint density at radius 1 is 1.12 bits per heavy atom. The molecule has 24 heavy (non-hydrogen) atoms.